The van der Waals surface area contributed by atoms with E-state index >= 15 is 0 Å². The first-order chi connectivity index (χ1) is 9.09. The monoisotopic (exact) mass is 278 g/mol. The van der Waals surface area contributed by atoms with E-state index in [0.717, 1.165) is 30.2 Å². The van der Waals surface area contributed by atoms with Gasteiger partial charge in [-0.15, -0.1) is 0 Å². The quantitative estimate of drug-likeness (QED) is 0.624. The molecule has 4 heteroatoms. The summed E-state index contributed by atoms with van der Waals surface area (Å²) in [6.07, 6.45) is 0. The number of nitrogens with zero attached hydrogens (tertiary/aromatic N) is 1. The van der Waals surface area contributed by atoms with Gasteiger partial charge in [-0.1, -0.05) is 30.3 Å². The molecule has 1 heterocycles. The summed E-state index contributed by atoms with van der Waals surface area (Å²) < 4.78 is 0. The SMILES string of the molecule is CC(=O)N1CC[S+](C(C)C(=O)c2ccccc2)CC1. The predicted molar refractivity (Wildman–Crippen MR) is 79.6 cm³/mol. The van der Waals surface area contributed by atoms with Crippen LogP contribution in [0.1, 0.15) is 24.2 Å². The molecule has 2 rings (SSSR count). The van der Waals surface area contributed by atoms with Crippen LogP contribution < -0.4 is 0 Å². The summed E-state index contributed by atoms with van der Waals surface area (Å²) in [7, 11) is 0.0993. The Balaban J connectivity index is 1.96. The Hall–Kier alpha value is -1.29. The lowest BCUT2D eigenvalue weighted by molar-refractivity contribution is -0.128. The van der Waals surface area contributed by atoms with Crippen molar-refractivity contribution in [2.45, 2.75) is 19.1 Å². The Bertz CT molecular complexity index is 452. The lowest BCUT2D eigenvalue weighted by Gasteiger charge is -2.27. The smallest absolute Gasteiger partial charge is 0.219 e. The van der Waals surface area contributed by atoms with Gasteiger partial charge in [-0.3, -0.25) is 9.59 Å². The highest BCUT2D eigenvalue weighted by Gasteiger charge is 2.36. The molecule has 0 saturated carbocycles. The van der Waals surface area contributed by atoms with Crippen LogP contribution in [0.25, 0.3) is 0 Å². The molecule has 1 aliphatic heterocycles. The third-order valence-corrected chi connectivity index (χ3v) is 6.25. The van der Waals surface area contributed by atoms with Gasteiger partial charge in [-0.05, 0) is 6.92 Å². The molecule has 1 amide bonds. The number of amides is 1. The summed E-state index contributed by atoms with van der Waals surface area (Å²) in [5.74, 6) is 2.30. The number of hydrogen-bond acceptors (Lipinski definition) is 2. The summed E-state index contributed by atoms with van der Waals surface area (Å²) in [6, 6.07) is 9.50. The van der Waals surface area contributed by atoms with Gasteiger partial charge < -0.3 is 4.90 Å². The average molecular weight is 278 g/mol. The van der Waals surface area contributed by atoms with Crippen LogP contribution in [-0.4, -0.2) is 46.4 Å². The van der Waals surface area contributed by atoms with E-state index in [1.165, 1.54) is 0 Å². The van der Waals surface area contributed by atoms with Crippen molar-refractivity contribution in [1.82, 2.24) is 4.90 Å². The molecule has 0 N–H and O–H groups in total. The summed E-state index contributed by atoms with van der Waals surface area (Å²) in [5, 5.41) is 0.0662. The predicted octanol–water partition coefficient (Wildman–Crippen LogP) is 1.74. The number of ketones is 1. The van der Waals surface area contributed by atoms with Crippen molar-refractivity contribution in [2.75, 3.05) is 24.6 Å². The van der Waals surface area contributed by atoms with E-state index in [0.29, 0.717) is 0 Å². The van der Waals surface area contributed by atoms with Crippen LogP contribution in [0.2, 0.25) is 0 Å². The van der Waals surface area contributed by atoms with Gasteiger partial charge in [0.2, 0.25) is 11.7 Å². The minimum atomic E-state index is 0.0662. The maximum atomic E-state index is 12.4. The molecule has 1 aromatic carbocycles. The molecule has 19 heavy (non-hydrogen) atoms. The van der Waals surface area contributed by atoms with E-state index in [4.69, 9.17) is 0 Å². The Morgan fingerprint density at radius 1 is 1.16 bits per heavy atom. The van der Waals surface area contributed by atoms with Gasteiger partial charge in [0.05, 0.1) is 13.1 Å². The Morgan fingerprint density at radius 3 is 2.26 bits per heavy atom. The first kappa shape index (κ1) is 14.1. The molecule has 0 aliphatic carbocycles. The van der Waals surface area contributed by atoms with E-state index in [9.17, 15) is 9.59 Å². The third-order valence-electron chi connectivity index (χ3n) is 3.62. The molecule has 102 valence electrons. The molecule has 3 nitrogen and oxygen atoms in total. The molecule has 0 bridgehead atoms. The van der Waals surface area contributed by atoms with Crippen molar-refractivity contribution in [3.63, 3.8) is 0 Å². The summed E-state index contributed by atoms with van der Waals surface area (Å²) >= 11 is 0. The van der Waals surface area contributed by atoms with Crippen LogP contribution in [-0.2, 0) is 15.7 Å². The minimum Gasteiger partial charge on any atom is -0.334 e. The molecule has 1 unspecified atom stereocenters. The minimum absolute atomic E-state index is 0.0662. The van der Waals surface area contributed by atoms with Crippen LogP contribution >= 0.6 is 0 Å². The average Bonchev–Trinajstić information content (AvgIpc) is 2.46. The van der Waals surface area contributed by atoms with Gasteiger partial charge in [0.15, 0.2) is 5.25 Å². The molecule has 1 aliphatic rings. The van der Waals surface area contributed by atoms with Gasteiger partial charge in [0.25, 0.3) is 0 Å². The number of carbonyl (C=O) groups excluding carboxylic acids is 2. The van der Waals surface area contributed by atoms with Crippen molar-refractivity contribution >= 4 is 22.6 Å². The molecule has 0 radical (unpaired) electrons. The van der Waals surface area contributed by atoms with Gasteiger partial charge in [-0.2, -0.15) is 0 Å². The highest BCUT2D eigenvalue weighted by molar-refractivity contribution is 7.98. The normalized spacial score (nSPS) is 18.1. The fraction of sp³-hybridized carbons (Fsp3) is 0.467. The van der Waals surface area contributed by atoms with Crippen LogP contribution in [0.4, 0.5) is 0 Å². The maximum Gasteiger partial charge on any atom is 0.219 e. The van der Waals surface area contributed by atoms with Crippen molar-refractivity contribution in [1.29, 1.82) is 0 Å². The number of carbonyl (C=O) groups is 2. The van der Waals surface area contributed by atoms with Crippen molar-refractivity contribution in [3.8, 4) is 0 Å². The second-order valence-electron chi connectivity index (χ2n) is 4.82. The standard InChI is InChI=1S/C15H20NO2S/c1-12(15(18)14-6-4-3-5-7-14)19-10-8-16(9-11-19)13(2)17/h3-7,12H,8-11H2,1-2H3/q+1. The van der Waals surface area contributed by atoms with E-state index in [1.807, 2.05) is 42.2 Å². The molecule has 1 saturated heterocycles. The zero-order valence-corrected chi connectivity index (χ0v) is 12.3. The zero-order chi connectivity index (χ0) is 13.8. The van der Waals surface area contributed by atoms with Gasteiger partial charge in [-0.25, -0.2) is 0 Å². The van der Waals surface area contributed by atoms with E-state index in [2.05, 4.69) is 0 Å². The Labute approximate surface area is 117 Å². The van der Waals surface area contributed by atoms with Gasteiger partial charge in [0.1, 0.15) is 11.5 Å². The molecular formula is C15H20NO2S+. The van der Waals surface area contributed by atoms with Crippen molar-refractivity contribution < 1.29 is 9.59 Å². The third kappa shape index (κ3) is 3.38. The molecule has 0 aromatic heterocycles. The second kappa shape index (κ2) is 6.24. The lowest BCUT2D eigenvalue weighted by atomic mass is 10.1. The van der Waals surface area contributed by atoms with E-state index in [1.54, 1.807) is 6.92 Å². The Kier molecular flexibility index (Phi) is 4.64. The molecular weight excluding hydrogens is 258 g/mol. The van der Waals surface area contributed by atoms with E-state index < -0.39 is 0 Å². The number of benzene rings is 1. The Morgan fingerprint density at radius 2 is 1.74 bits per heavy atom. The topological polar surface area (TPSA) is 37.4 Å². The number of hydrogen-bond donors (Lipinski definition) is 0. The van der Waals surface area contributed by atoms with Gasteiger partial charge >= 0.3 is 0 Å². The fourth-order valence-corrected chi connectivity index (χ4v) is 4.59. The molecule has 0 spiro atoms. The highest BCUT2D eigenvalue weighted by Crippen LogP contribution is 2.17. The first-order valence-corrected chi connectivity index (χ1v) is 8.23. The first-order valence-electron chi connectivity index (χ1n) is 6.60. The van der Waals surface area contributed by atoms with Crippen molar-refractivity contribution in [2.24, 2.45) is 0 Å². The molecule has 1 fully saturated rings. The number of rotatable bonds is 3. The maximum absolute atomic E-state index is 12.4. The molecule has 1 aromatic rings. The summed E-state index contributed by atoms with van der Waals surface area (Å²) in [5.41, 5.74) is 0.802. The van der Waals surface area contributed by atoms with Crippen LogP contribution in [0, 0.1) is 0 Å². The fourth-order valence-electron chi connectivity index (χ4n) is 2.33. The van der Waals surface area contributed by atoms with Crippen LogP contribution in [0.5, 0.6) is 0 Å². The largest absolute Gasteiger partial charge is 0.334 e. The number of Topliss-reactive ketones (excluding diaryl/α,β-unsaturated/α-hetero) is 1. The van der Waals surface area contributed by atoms with Crippen LogP contribution in [0.3, 0.4) is 0 Å². The summed E-state index contributed by atoms with van der Waals surface area (Å²) in [4.78, 5) is 25.6. The summed E-state index contributed by atoms with van der Waals surface area (Å²) in [6.45, 7) is 5.24. The zero-order valence-electron chi connectivity index (χ0n) is 11.5. The highest BCUT2D eigenvalue weighted by atomic mass is 32.2. The molecule has 1 atom stereocenters. The lowest BCUT2D eigenvalue weighted by Crippen LogP contribution is -2.47. The van der Waals surface area contributed by atoms with Crippen molar-refractivity contribution in [3.05, 3.63) is 35.9 Å². The van der Waals surface area contributed by atoms with Gasteiger partial charge in [0, 0.05) is 23.4 Å². The second-order valence-corrected chi connectivity index (χ2v) is 7.42. The van der Waals surface area contributed by atoms with Crippen LogP contribution in [0.15, 0.2) is 30.3 Å². The van der Waals surface area contributed by atoms with E-state index in [-0.39, 0.29) is 27.8 Å².